The summed E-state index contributed by atoms with van der Waals surface area (Å²) in [7, 11) is 0. The Balaban J connectivity index is 1.54. The highest BCUT2D eigenvalue weighted by Crippen LogP contribution is 2.26. The standard InChI is InChI=1S/C23H28N6O/c1-3-5-7-17(8-6-4-2)15-29-11-9-19-23(29)26-22(14-24-19)25-21-13-20(27-28-21)18-10-12-30-16-18/h3,5-9,11,13-14,18H,4,10,12,15-16H2,1-2H3,(H2,25,26,27,28)/b5-3-,8-6-,17-7+. The van der Waals surface area contributed by atoms with Gasteiger partial charge in [0.05, 0.1) is 12.8 Å². The van der Waals surface area contributed by atoms with Crippen LogP contribution in [0.2, 0.25) is 0 Å². The summed E-state index contributed by atoms with van der Waals surface area (Å²) in [5, 5.41) is 10.7. The number of allylic oxidation sites excluding steroid dienone is 6. The lowest BCUT2D eigenvalue weighted by molar-refractivity contribution is 0.193. The molecule has 156 valence electrons. The molecular formula is C23H28N6O. The second-order valence-electron chi connectivity index (χ2n) is 7.38. The number of ether oxygens (including phenoxy) is 1. The second-order valence-corrected chi connectivity index (χ2v) is 7.38. The van der Waals surface area contributed by atoms with Crippen molar-refractivity contribution in [1.82, 2.24) is 24.7 Å². The zero-order valence-electron chi connectivity index (χ0n) is 17.5. The highest BCUT2D eigenvalue weighted by molar-refractivity contribution is 5.73. The molecule has 4 heterocycles. The first kappa shape index (κ1) is 20.1. The zero-order valence-corrected chi connectivity index (χ0v) is 17.5. The summed E-state index contributed by atoms with van der Waals surface area (Å²) in [5.74, 6) is 1.80. The van der Waals surface area contributed by atoms with Crippen molar-refractivity contribution < 1.29 is 4.74 Å². The Morgan fingerprint density at radius 2 is 2.33 bits per heavy atom. The normalized spacial score (nSPS) is 17.7. The minimum absolute atomic E-state index is 0.386. The first-order chi connectivity index (χ1) is 14.8. The number of fused-ring (bicyclic) bond motifs is 1. The van der Waals surface area contributed by atoms with Gasteiger partial charge in [-0.3, -0.25) is 5.10 Å². The summed E-state index contributed by atoms with van der Waals surface area (Å²) in [6.07, 6.45) is 16.4. The predicted molar refractivity (Wildman–Crippen MR) is 120 cm³/mol. The van der Waals surface area contributed by atoms with Crippen molar-refractivity contribution >= 4 is 22.8 Å². The summed E-state index contributed by atoms with van der Waals surface area (Å²) < 4.78 is 7.58. The van der Waals surface area contributed by atoms with Gasteiger partial charge < -0.3 is 14.6 Å². The second kappa shape index (κ2) is 9.54. The molecule has 4 rings (SSSR count). The number of hydrogen-bond donors (Lipinski definition) is 2. The van der Waals surface area contributed by atoms with Crippen LogP contribution in [-0.2, 0) is 11.3 Å². The van der Waals surface area contributed by atoms with Crippen LogP contribution in [0.25, 0.3) is 11.2 Å². The highest BCUT2D eigenvalue weighted by Gasteiger charge is 2.20. The lowest BCUT2D eigenvalue weighted by Gasteiger charge is -2.07. The maximum absolute atomic E-state index is 5.47. The SMILES string of the molecule is C\C=C/C=C(\C=C/CC)Cn1ccc2ncc(Nc3cc(C4CCOC4)[nH]n3)nc21. The minimum Gasteiger partial charge on any atom is -0.381 e. The van der Waals surface area contributed by atoms with Gasteiger partial charge in [-0.25, -0.2) is 9.97 Å². The Morgan fingerprint density at radius 1 is 1.40 bits per heavy atom. The van der Waals surface area contributed by atoms with Gasteiger partial charge >= 0.3 is 0 Å². The van der Waals surface area contributed by atoms with Gasteiger partial charge in [0, 0.05) is 37.0 Å². The highest BCUT2D eigenvalue weighted by atomic mass is 16.5. The van der Waals surface area contributed by atoms with Gasteiger partial charge in [0.15, 0.2) is 17.3 Å². The molecule has 3 aromatic heterocycles. The Kier molecular flexibility index (Phi) is 6.39. The van der Waals surface area contributed by atoms with Crippen LogP contribution in [0.1, 0.15) is 38.3 Å². The summed E-state index contributed by atoms with van der Waals surface area (Å²) in [6.45, 7) is 6.45. The molecule has 0 bridgehead atoms. The zero-order chi connectivity index (χ0) is 20.8. The van der Waals surface area contributed by atoms with Gasteiger partial charge in [-0.15, -0.1) is 0 Å². The topological polar surface area (TPSA) is 80.6 Å². The monoisotopic (exact) mass is 404 g/mol. The minimum atomic E-state index is 0.386. The average Bonchev–Trinajstić information content (AvgIpc) is 3.51. The third kappa shape index (κ3) is 4.68. The molecular weight excluding hydrogens is 376 g/mol. The van der Waals surface area contributed by atoms with Crippen molar-refractivity contribution in [3.8, 4) is 0 Å². The Labute approximate surface area is 176 Å². The maximum atomic E-state index is 5.47. The molecule has 1 unspecified atom stereocenters. The molecule has 0 radical (unpaired) electrons. The molecule has 1 saturated heterocycles. The molecule has 3 aromatic rings. The molecule has 0 saturated carbocycles. The third-order valence-electron chi connectivity index (χ3n) is 5.11. The number of anilines is 2. The van der Waals surface area contributed by atoms with E-state index >= 15 is 0 Å². The molecule has 1 fully saturated rings. The molecule has 0 aliphatic carbocycles. The lowest BCUT2D eigenvalue weighted by Crippen LogP contribution is -2.02. The molecule has 7 nitrogen and oxygen atoms in total. The van der Waals surface area contributed by atoms with Crippen molar-refractivity contribution in [3.05, 3.63) is 66.2 Å². The van der Waals surface area contributed by atoms with E-state index in [4.69, 9.17) is 9.72 Å². The fourth-order valence-corrected chi connectivity index (χ4v) is 3.50. The van der Waals surface area contributed by atoms with E-state index in [1.54, 1.807) is 6.20 Å². The lowest BCUT2D eigenvalue weighted by atomic mass is 10.1. The van der Waals surface area contributed by atoms with Gasteiger partial charge in [-0.1, -0.05) is 37.3 Å². The molecule has 2 N–H and O–H groups in total. The quantitative estimate of drug-likeness (QED) is 0.524. The van der Waals surface area contributed by atoms with E-state index in [1.165, 1.54) is 5.57 Å². The Hall–Kier alpha value is -3.19. The van der Waals surface area contributed by atoms with Crippen molar-refractivity contribution in [3.63, 3.8) is 0 Å². The van der Waals surface area contributed by atoms with E-state index in [1.807, 2.05) is 31.3 Å². The van der Waals surface area contributed by atoms with Crippen LogP contribution in [-0.4, -0.2) is 37.9 Å². The number of aromatic amines is 1. The van der Waals surface area contributed by atoms with Gasteiger partial charge in [-0.05, 0) is 31.4 Å². The molecule has 1 aliphatic rings. The van der Waals surface area contributed by atoms with E-state index in [0.717, 1.165) is 55.3 Å². The first-order valence-corrected chi connectivity index (χ1v) is 10.5. The summed E-state index contributed by atoms with van der Waals surface area (Å²) >= 11 is 0. The molecule has 0 amide bonds. The van der Waals surface area contributed by atoms with Crippen LogP contribution in [0.3, 0.4) is 0 Å². The Bertz CT molecular complexity index is 1070. The van der Waals surface area contributed by atoms with Crippen LogP contribution < -0.4 is 5.32 Å². The Morgan fingerprint density at radius 3 is 3.13 bits per heavy atom. The molecule has 30 heavy (non-hydrogen) atoms. The van der Waals surface area contributed by atoms with Crippen molar-refractivity contribution in [2.75, 3.05) is 18.5 Å². The molecule has 0 aromatic carbocycles. The third-order valence-corrected chi connectivity index (χ3v) is 5.11. The number of rotatable bonds is 8. The number of hydrogen-bond acceptors (Lipinski definition) is 5. The van der Waals surface area contributed by atoms with Crippen LogP contribution in [0.4, 0.5) is 11.6 Å². The first-order valence-electron chi connectivity index (χ1n) is 10.5. The summed E-state index contributed by atoms with van der Waals surface area (Å²) in [4.78, 5) is 9.35. The molecule has 1 atom stereocenters. The predicted octanol–water partition coefficient (Wildman–Crippen LogP) is 4.87. The average molecular weight is 405 g/mol. The number of aromatic nitrogens is 5. The van der Waals surface area contributed by atoms with Crippen LogP contribution in [0, 0.1) is 0 Å². The molecule has 7 heteroatoms. The number of H-pyrrole nitrogens is 1. The van der Waals surface area contributed by atoms with E-state index in [0.29, 0.717) is 11.7 Å². The van der Waals surface area contributed by atoms with Crippen LogP contribution in [0.15, 0.2) is 60.5 Å². The van der Waals surface area contributed by atoms with Crippen molar-refractivity contribution in [2.45, 2.75) is 39.2 Å². The van der Waals surface area contributed by atoms with Gasteiger partial charge in [0.2, 0.25) is 0 Å². The van der Waals surface area contributed by atoms with Crippen LogP contribution in [0.5, 0.6) is 0 Å². The van der Waals surface area contributed by atoms with Crippen molar-refractivity contribution in [1.29, 1.82) is 0 Å². The van der Waals surface area contributed by atoms with Gasteiger partial charge in [-0.2, -0.15) is 5.10 Å². The van der Waals surface area contributed by atoms with Gasteiger partial charge in [0.25, 0.3) is 0 Å². The van der Waals surface area contributed by atoms with E-state index in [2.05, 4.69) is 56.3 Å². The van der Waals surface area contributed by atoms with E-state index in [9.17, 15) is 0 Å². The smallest absolute Gasteiger partial charge is 0.161 e. The fraction of sp³-hybridized carbons (Fsp3) is 0.348. The number of nitrogens with one attached hydrogen (secondary N) is 2. The van der Waals surface area contributed by atoms with E-state index < -0.39 is 0 Å². The molecule has 1 aliphatic heterocycles. The fourth-order valence-electron chi connectivity index (χ4n) is 3.50. The maximum Gasteiger partial charge on any atom is 0.161 e. The van der Waals surface area contributed by atoms with Gasteiger partial charge in [0.1, 0.15) is 5.52 Å². The van der Waals surface area contributed by atoms with Crippen molar-refractivity contribution in [2.24, 2.45) is 0 Å². The van der Waals surface area contributed by atoms with Crippen LogP contribution >= 0.6 is 0 Å². The summed E-state index contributed by atoms with van der Waals surface area (Å²) in [6, 6.07) is 4.02. The number of nitrogens with zero attached hydrogens (tertiary/aromatic N) is 4. The largest absolute Gasteiger partial charge is 0.381 e. The molecule has 0 spiro atoms. The van der Waals surface area contributed by atoms with E-state index in [-0.39, 0.29) is 0 Å². The summed E-state index contributed by atoms with van der Waals surface area (Å²) in [5.41, 5.74) is 4.02.